The predicted molar refractivity (Wildman–Crippen MR) is 101 cm³/mol. The molecule has 3 N–H and O–H groups in total. The van der Waals surface area contributed by atoms with E-state index in [4.69, 9.17) is 26.8 Å². The molecule has 0 saturated carbocycles. The number of pyridine rings is 1. The molecule has 138 valence electrons. The summed E-state index contributed by atoms with van der Waals surface area (Å²) in [5, 5.41) is 2.85. The van der Waals surface area contributed by atoms with Crippen LogP contribution in [-0.4, -0.2) is 18.0 Å². The number of nitrogen functional groups attached to an aromatic ring is 1. The van der Waals surface area contributed by atoms with Crippen LogP contribution in [0.3, 0.4) is 0 Å². The smallest absolute Gasteiger partial charge is 0.255 e. The summed E-state index contributed by atoms with van der Waals surface area (Å²) < 4.78 is 24.8. The van der Waals surface area contributed by atoms with Crippen molar-refractivity contribution in [3.05, 3.63) is 71.1 Å². The van der Waals surface area contributed by atoms with Gasteiger partial charge in [0, 0.05) is 23.9 Å². The van der Waals surface area contributed by atoms with Crippen molar-refractivity contribution >= 4 is 29.0 Å². The summed E-state index contributed by atoms with van der Waals surface area (Å²) in [7, 11) is 1.49. The lowest BCUT2D eigenvalue weighted by Gasteiger charge is -2.11. The topological polar surface area (TPSA) is 86.5 Å². The molecule has 0 aliphatic rings. The van der Waals surface area contributed by atoms with E-state index in [2.05, 4.69) is 10.3 Å². The highest BCUT2D eigenvalue weighted by Crippen LogP contribution is 2.31. The van der Waals surface area contributed by atoms with E-state index in [9.17, 15) is 9.18 Å². The molecule has 3 rings (SSSR count). The van der Waals surface area contributed by atoms with Crippen LogP contribution >= 0.6 is 11.6 Å². The molecule has 0 aliphatic heterocycles. The molecule has 0 aliphatic carbocycles. The van der Waals surface area contributed by atoms with Crippen molar-refractivity contribution in [3.8, 4) is 17.2 Å². The fraction of sp³-hybridized carbons (Fsp3) is 0.0526. The van der Waals surface area contributed by atoms with Gasteiger partial charge in [0.05, 0.1) is 17.8 Å². The van der Waals surface area contributed by atoms with Gasteiger partial charge in [-0.2, -0.15) is 0 Å². The number of rotatable bonds is 5. The minimum Gasteiger partial charge on any atom is -0.497 e. The van der Waals surface area contributed by atoms with Crippen LogP contribution in [-0.2, 0) is 0 Å². The lowest BCUT2D eigenvalue weighted by Crippen LogP contribution is -2.13. The Morgan fingerprint density at radius 2 is 2.00 bits per heavy atom. The van der Waals surface area contributed by atoms with Crippen LogP contribution in [0.4, 0.5) is 15.9 Å². The van der Waals surface area contributed by atoms with Crippen molar-refractivity contribution in [2.24, 2.45) is 0 Å². The number of benzene rings is 2. The van der Waals surface area contributed by atoms with Crippen molar-refractivity contribution in [3.63, 3.8) is 0 Å². The number of nitrogens with two attached hydrogens (primary N) is 1. The van der Waals surface area contributed by atoms with Gasteiger partial charge in [0.15, 0.2) is 11.6 Å². The highest BCUT2D eigenvalue weighted by atomic mass is 35.5. The zero-order chi connectivity index (χ0) is 19.4. The molecule has 2 aromatic carbocycles. The first-order valence-corrected chi connectivity index (χ1v) is 8.18. The van der Waals surface area contributed by atoms with Crippen LogP contribution < -0.4 is 20.5 Å². The number of carbonyl (C=O) groups excluding carboxylic acids is 1. The van der Waals surface area contributed by atoms with Gasteiger partial charge in [-0.15, -0.1) is 0 Å². The second kappa shape index (κ2) is 7.92. The number of hydrogen-bond donors (Lipinski definition) is 2. The third-order valence-electron chi connectivity index (χ3n) is 3.59. The second-order valence-electron chi connectivity index (χ2n) is 5.47. The standard InChI is InChI=1S/C19H15ClFN3O3/c1-26-13-4-2-3-11(7-13)19(25)24-16-9-14(5-6-15(16)21)27-17-8-12(20)10-23-18(17)22/h2-10H,1H3,(H2,22,23)(H,24,25). The van der Waals surface area contributed by atoms with Gasteiger partial charge in [0.1, 0.15) is 17.3 Å². The average Bonchev–Trinajstić information content (AvgIpc) is 2.67. The Hall–Kier alpha value is -3.32. The molecule has 8 heteroatoms. The number of halogens is 2. The van der Waals surface area contributed by atoms with Gasteiger partial charge in [-0.3, -0.25) is 4.79 Å². The number of anilines is 2. The van der Waals surface area contributed by atoms with E-state index >= 15 is 0 Å². The summed E-state index contributed by atoms with van der Waals surface area (Å²) in [4.78, 5) is 16.3. The molecule has 0 saturated heterocycles. The highest BCUT2D eigenvalue weighted by molar-refractivity contribution is 6.30. The molecule has 1 amide bonds. The van der Waals surface area contributed by atoms with E-state index in [0.29, 0.717) is 16.3 Å². The number of methoxy groups -OCH3 is 1. The van der Waals surface area contributed by atoms with E-state index in [-0.39, 0.29) is 23.0 Å². The molecule has 1 aromatic heterocycles. The quantitative estimate of drug-likeness (QED) is 0.672. The molecule has 0 radical (unpaired) electrons. The summed E-state index contributed by atoms with van der Waals surface area (Å²) in [6.07, 6.45) is 1.38. The van der Waals surface area contributed by atoms with E-state index in [1.807, 2.05) is 0 Å². The van der Waals surface area contributed by atoms with E-state index in [1.165, 1.54) is 37.6 Å². The second-order valence-corrected chi connectivity index (χ2v) is 5.90. The molecular formula is C19H15ClFN3O3. The lowest BCUT2D eigenvalue weighted by molar-refractivity contribution is 0.102. The normalized spacial score (nSPS) is 10.3. The summed E-state index contributed by atoms with van der Waals surface area (Å²) in [5.74, 6) is 0.0202. The number of aromatic nitrogens is 1. The molecule has 0 spiro atoms. The highest BCUT2D eigenvalue weighted by Gasteiger charge is 2.13. The molecular weight excluding hydrogens is 373 g/mol. The van der Waals surface area contributed by atoms with Gasteiger partial charge < -0.3 is 20.5 Å². The number of nitrogens with zero attached hydrogens (tertiary/aromatic N) is 1. The van der Waals surface area contributed by atoms with Gasteiger partial charge in [0.25, 0.3) is 5.91 Å². The van der Waals surface area contributed by atoms with Gasteiger partial charge in [-0.05, 0) is 30.3 Å². The molecule has 3 aromatic rings. The van der Waals surface area contributed by atoms with Gasteiger partial charge in [-0.25, -0.2) is 9.37 Å². The largest absolute Gasteiger partial charge is 0.497 e. The zero-order valence-corrected chi connectivity index (χ0v) is 15.0. The monoisotopic (exact) mass is 387 g/mol. The maximum absolute atomic E-state index is 14.1. The predicted octanol–water partition coefficient (Wildman–Crippen LogP) is 4.51. The zero-order valence-electron chi connectivity index (χ0n) is 14.2. The maximum atomic E-state index is 14.1. The van der Waals surface area contributed by atoms with Gasteiger partial charge in [0.2, 0.25) is 0 Å². The number of carbonyl (C=O) groups is 1. The number of amides is 1. The summed E-state index contributed by atoms with van der Waals surface area (Å²) in [6, 6.07) is 11.9. The minimum atomic E-state index is -0.615. The number of hydrogen-bond acceptors (Lipinski definition) is 5. The molecule has 27 heavy (non-hydrogen) atoms. The first kappa shape index (κ1) is 18.5. The summed E-state index contributed by atoms with van der Waals surface area (Å²) >= 11 is 5.88. The Morgan fingerprint density at radius 1 is 1.19 bits per heavy atom. The van der Waals surface area contributed by atoms with E-state index in [1.54, 1.807) is 24.3 Å². The molecule has 0 atom stereocenters. The molecule has 6 nitrogen and oxygen atoms in total. The Morgan fingerprint density at radius 3 is 2.78 bits per heavy atom. The molecule has 0 fully saturated rings. The third-order valence-corrected chi connectivity index (χ3v) is 3.80. The number of ether oxygens (including phenoxy) is 2. The molecule has 0 bridgehead atoms. The van der Waals surface area contributed by atoms with Gasteiger partial charge >= 0.3 is 0 Å². The van der Waals surface area contributed by atoms with Gasteiger partial charge in [-0.1, -0.05) is 17.7 Å². The van der Waals surface area contributed by atoms with Crippen LogP contribution in [0.1, 0.15) is 10.4 Å². The lowest BCUT2D eigenvalue weighted by atomic mass is 10.2. The number of nitrogens with one attached hydrogen (secondary N) is 1. The Labute approximate surface area is 159 Å². The summed E-state index contributed by atoms with van der Waals surface area (Å²) in [6.45, 7) is 0. The third kappa shape index (κ3) is 4.45. The SMILES string of the molecule is COc1cccc(C(=O)Nc2cc(Oc3cc(Cl)cnc3N)ccc2F)c1. The van der Waals surface area contributed by atoms with Crippen molar-refractivity contribution < 1.29 is 18.7 Å². The molecule has 1 heterocycles. The van der Waals surface area contributed by atoms with Crippen LogP contribution in [0, 0.1) is 5.82 Å². The average molecular weight is 388 g/mol. The summed E-state index contributed by atoms with van der Waals surface area (Å²) in [5.41, 5.74) is 6.01. The van der Waals surface area contributed by atoms with Crippen LogP contribution in [0.2, 0.25) is 5.02 Å². The van der Waals surface area contributed by atoms with Crippen LogP contribution in [0.5, 0.6) is 17.2 Å². The molecule has 0 unspecified atom stereocenters. The van der Waals surface area contributed by atoms with Crippen molar-refractivity contribution in [2.75, 3.05) is 18.2 Å². The minimum absolute atomic E-state index is 0.0473. The maximum Gasteiger partial charge on any atom is 0.255 e. The first-order chi connectivity index (χ1) is 13.0. The fourth-order valence-corrected chi connectivity index (χ4v) is 2.41. The van der Waals surface area contributed by atoms with Crippen molar-refractivity contribution in [1.82, 2.24) is 4.98 Å². The van der Waals surface area contributed by atoms with Crippen LogP contribution in [0.25, 0.3) is 0 Å². The fourth-order valence-electron chi connectivity index (χ4n) is 2.26. The van der Waals surface area contributed by atoms with Crippen molar-refractivity contribution in [2.45, 2.75) is 0 Å². The Balaban J connectivity index is 1.82. The van der Waals surface area contributed by atoms with Crippen molar-refractivity contribution in [1.29, 1.82) is 0 Å². The Kier molecular flexibility index (Phi) is 5.42. The Bertz CT molecular complexity index is 998. The van der Waals surface area contributed by atoms with E-state index < -0.39 is 11.7 Å². The van der Waals surface area contributed by atoms with E-state index in [0.717, 1.165) is 0 Å². The first-order valence-electron chi connectivity index (χ1n) is 7.80. The van der Waals surface area contributed by atoms with Crippen LogP contribution in [0.15, 0.2) is 54.7 Å².